The standard InChI is InChI=1S/C15H21BrN2O2S/c16-14-2-1-13(20-14)15(19)17-9-11-3-6-18(7-4-11)12-5-8-21-10-12/h1-2,11-12H,3-10H2,(H,17,19). The minimum atomic E-state index is -0.115. The monoisotopic (exact) mass is 372 g/mol. The maximum Gasteiger partial charge on any atom is 0.287 e. The van der Waals surface area contributed by atoms with E-state index in [4.69, 9.17) is 4.42 Å². The Morgan fingerprint density at radius 3 is 2.81 bits per heavy atom. The Morgan fingerprint density at radius 1 is 1.38 bits per heavy atom. The van der Waals surface area contributed by atoms with Gasteiger partial charge in [0, 0.05) is 18.3 Å². The van der Waals surface area contributed by atoms with Crippen LogP contribution in [0.3, 0.4) is 0 Å². The second-order valence-electron chi connectivity index (χ2n) is 5.81. The van der Waals surface area contributed by atoms with Gasteiger partial charge < -0.3 is 9.73 Å². The topological polar surface area (TPSA) is 45.5 Å². The maximum atomic E-state index is 11.9. The second-order valence-corrected chi connectivity index (χ2v) is 7.74. The van der Waals surface area contributed by atoms with Crippen LogP contribution in [-0.2, 0) is 0 Å². The number of rotatable bonds is 4. The van der Waals surface area contributed by atoms with Crippen LogP contribution in [0.2, 0.25) is 0 Å². The molecule has 1 aromatic rings. The van der Waals surface area contributed by atoms with Crippen LogP contribution in [0.4, 0.5) is 0 Å². The zero-order chi connectivity index (χ0) is 14.7. The number of hydrogen-bond acceptors (Lipinski definition) is 4. The van der Waals surface area contributed by atoms with Gasteiger partial charge in [0.05, 0.1) is 0 Å². The number of carbonyl (C=O) groups excluding carboxylic acids is 1. The Morgan fingerprint density at radius 2 is 2.19 bits per heavy atom. The molecule has 1 atom stereocenters. The molecule has 1 N–H and O–H groups in total. The van der Waals surface area contributed by atoms with E-state index < -0.39 is 0 Å². The summed E-state index contributed by atoms with van der Waals surface area (Å²) in [5.41, 5.74) is 0. The average Bonchev–Trinajstić information content (AvgIpc) is 3.16. The van der Waals surface area contributed by atoms with Crippen LogP contribution in [-0.4, -0.2) is 48.0 Å². The fraction of sp³-hybridized carbons (Fsp3) is 0.667. The summed E-state index contributed by atoms with van der Waals surface area (Å²) >= 11 is 5.29. The molecule has 2 aliphatic heterocycles. The summed E-state index contributed by atoms with van der Waals surface area (Å²) in [4.78, 5) is 14.6. The zero-order valence-electron chi connectivity index (χ0n) is 12.0. The van der Waals surface area contributed by atoms with Crippen LogP contribution in [0.15, 0.2) is 21.2 Å². The molecule has 3 heterocycles. The third kappa shape index (κ3) is 4.05. The van der Waals surface area contributed by atoms with Crippen LogP contribution in [0, 0.1) is 5.92 Å². The highest BCUT2D eigenvalue weighted by Crippen LogP contribution is 2.26. The largest absolute Gasteiger partial charge is 0.444 e. The molecule has 116 valence electrons. The first kappa shape index (κ1) is 15.4. The molecule has 0 spiro atoms. The van der Waals surface area contributed by atoms with Crippen molar-refractivity contribution in [3.63, 3.8) is 0 Å². The summed E-state index contributed by atoms with van der Waals surface area (Å²) in [7, 11) is 0. The smallest absolute Gasteiger partial charge is 0.287 e. The molecule has 4 nitrogen and oxygen atoms in total. The lowest BCUT2D eigenvalue weighted by atomic mass is 9.95. The van der Waals surface area contributed by atoms with Crippen molar-refractivity contribution < 1.29 is 9.21 Å². The van der Waals surface area contributed by atoms with E-state index >= 15 is 0 Å². The fourth-order valence-corrected chi connectivity index (χ4v) is 4.65. The highest BCUT2D eigenvalue weighted by Gasteiger charge is 2.27. The van der Waals surface area contributed by atoms with Crippen LogP contribution in [0.5, 0.6) is 0 Å². The van der Waals surface area contributed by atoms with Crippen molar-refractivity contribution in [1.29, 1.82) is 0 Å². The lowest BCUT2D eigenvalue weighted by Crippen LogP contribution is -2.43. The molecular weight excluding hydrogens is 352 g/mol. The maximum absolute atomic E-state index is 11.9. The van der Waals surface area contributed by atoms with E-state index in [0.717, 1.165) is 12.6 Å². The molecule has 0 aromatic carbocycles. The first-order chi connectivity index (χ1) is 10.2. The van der Waals surface area contributed by atoms with Gasteiger partial charge in [-0.15, -0.1) is 0 Å². The third-order valence-electron chi connectivity index (χ3n) is 4.42. The Bertz CT molecular complexity index is 480. The minimum Gasteiger partial charge on any atom is -0.444 e. The van der Waals surface area contributed by atoms with Crippen LogP contribution >= 0.6 is 27.7 Å². The Hall–Kier alpha value is -0.460. The van der Waals surface area contributed by atoms with Crippen molar-refractivity contribution in [3.8, 4) is 0 Å². The first-order valence-electron chi connectivity index (χ1n) is 7.57. The number of furan rings is 1. The van der Waals surface area contributed by atoms with Crippen molar-refractivity contribution in [2.75, 3.05) is 31.1 Å². The number of hydrogen-bond donors (Lipinski definition) is 1. The number of nitrogens with one attached hydrogen (secondary N) is 1. The Kier molecular flexibility index (Phi) is 5.29. The molecule has 3 rings (SSSR count). The summed E-state index contributed by atoms with van der Waals surface area (Å²) in [6.45, 7) is 3.11. The summed E-state index contributed by atoms with van der Waals surface area (Å²) in [6.07, 6.45) is 3.71. The second kappa shape index (κ2) is 7.20. The lowest BCUT2D eigenvalue weighted by Gasteiger charge is -2.35. The summed E-state index contributed by atoms with van der Waals surface area (Å²) in [5, 5.41) is 2.99. The zero-order valence-corrected chi connectivity index (χ0v) is 14.4. The van der Waals surface area contributed by atoms with Crippen molar-refractivity contribution in [2.24, 2.45) is 5.92 Å². The highest BCUT2D eigenvalue weighted by molar-refractivity contribution is 9.10. The van der Waals surface area contributed by atoms with Gasteiger partial charge in [0.1, 0.15) is 0 Å². The molecule has 6 heteroatoms. The van der Waals surface area contributed by atoms with E-state index in [0.29, 0.717) is 16.3 Å². The van der Waals surface area contributed by atoms with Gasteiger partial charge in [0.25, 0.3) is 5.91 Å². The molecule has 21 heavy (non-hydrogen) atoms. The van der Waals surface area contributed by atoms with Gasteiger partial charge in [-0.1, -0.05) is 0 Å². The highest BCUT2D eigenvalue weighted by atomic mass is 79.9. The molecule has 2 saturated heterocycles. The lowest BCUT2D eigenvalue weighted by molar-refractivity contribution is 0.0900. The molecule has 1 unspecified atom stereocenters. The number of amides is 1. The molecular formula is C15H21BrN2O2S. The van der Waals surface area contributed by atoms with E-state index in [1.54, 1.807) is 12.1 Å². The SMILES string of the molecule is O=C(NCC1CCN(C2CCSC2)CC1)c1ccc(Br)o1. The van der Waals surface area contributed by atoms with Gasteiger partial charge >= 0.3 is 0 Å². The molecule has 0 saturated carbocycles. The fourth-order valence-electron chi connectivity index (χ4n) is 3.09. The molecule has 1 aromatic heterocycles. The predicted octanol–water partition coefficient (Wildman–Crippen LogP) is 2.99. The first-order valence-corrected chi connectivity index (χ1v) is 9.52. The third-order valence-corrected chi connectivity index (χ3v) is 5.99. The van der Waals surface area contributed by atoms with Gasteiger partial charge in [-0.2, -0.15) is 11.8 Å². The van der Waals surface area contributed by atoms with Crippen LogP contribution in [0.25, 0.3) is 0 Å². The van der Waals surface area contributed by atoms with Gasteiger partial charge in [-0.3, -0.25) is 9.69 Å². The molecule has 0 aliphatic carbocycles. The molecule has 1 amide bonds. The minimum absolute atomic E-state index is 0.115. The normalized spacial score (nSPS) is 24.3. The van der Waals surface area contributed by atoms with Crippen molar-refractivity contribution in [1.82, 2.24) is 10.2 Å². The summed E-state index contributed by atoms with van der Waals surface area (Å²) in [5.74, 6) is 3.48. The van der Waals surface area contributed by atoms with E-state index in [2.05, 4.69) is 37.9 Å². The molecule has 2 fully saturated rings. The quantitative estimate of drug-likeness (QED) is 0.882. The number of halogens is 1. The van der Waals surface area contributed by atoms with Crippen molar-refractivity contribution >= 4 is 33.6 Å². The Balaban J connectivity index is 1.40. The number of carbonyl (C=O) groups is 1. The number of likely N-dealkylation sites (tertiary alicyclic amines) is 1. The molecule has 0 radical (unpaired) electrons. The Labute approximate surface area is 138 Å². The number of piperidine rings is 1. The van der Waals surface area contributed by atoms with E-state index in [1.165, 1.54) is 43.9 Å². The van der Waals surface area contributed by atoms with Crippen molar-refractivity contribution in [2.45, 2.75) is 25.3 Å². The van der Waals surface area contributed by atoms with Gasteiger partial charge in [-0.05, 0) is 72.1 Å². The van der Waals surface area contributed by atoms with Gasteiger partial charge in [0.2, 0.25) is 0 Å². The van der Waals surface area contributed by atoms with E-state index in [1.807, 2.05) is 0 Å². The van der Waals surface area contributed by atoms with Gasteiger partial charge in [-0.25, -0.2) is 0 Å². The van der Waals surface area contributed by atoms with Crippen LogP contribution < -0.4 is 5.32 Å². The molecule has 0 bridgehead atoms. The van der Waals surface area contributed by atoms with Gasteiger partial charge in [0.15, 0.2) is 10.4 Å². The number of thioether (sulfide) groups is 1. The summed E-state index contributed by atoms with van der Waals surface area (Å²) in [6, 6.07) is 4.23. The van der Waals surface area contributed by atoms with Crippen LogP contribution in [0.1, 0.15) is 29.8 Å². The van der Waals surface area contributed by atoms with E-state index in [-0.39, 0.29) is 5.91 Å². The van der Waals surface area contributed by atoms with Crippen molar-refractivity contribution in [3.05, 3.63) is 22.6 Å². The number of nitrogens with zero attached hydrogens (tertiary/aromatic N) is 1. The molecule has 2 aliphatic rings. The summed E-state index contributed by atoms with van der Waals surface area (Å²) < 4.78 is 5.86. The average molecular weight is 373 g/mol. The van der Waals surface area contributed by atoms with E-state index in [9.17, 15) is 4.79 Å². The predicted molar refractivity (Wildman–Crippen MR) is 88.8 cm³/mol.